The Labute approximate surface area is 219 Å². The number of halogens is 3. The third-order valence-corrected chi connectivity index (χ3v) is 6.73. The number of ether oxygens (including phenoxy) is 3. The molecule has 0 atom stereocenters. The Morgan fingerprint density at radius 1 is 0.394 bits per heavy atom. The SMILES string of the molecule is Cc1c(Oc2ccc(Br)cc2)c(C)c(Oc2ccc(Br)cc2)c(C)c1Oc1ccc(Br)cc1. The molecule has 0 saturated carbocycles. The maximum absolute atomic E-state index is 6.35. The van der Waals surface area contributed by atoms with Crippen LogP contribution in [-0.4, -0.2) is 0 Å². The van der Waals surface area contributed by atoms with Gasteiger partial charge in [0.05, 0.1) is 0 Å². The summed E-state index contributed by atoms with van der Waals surface area (Å²) in [6.07, 6.45) is 0. The molecule has 6 heteroatoms. The summed E-state index contributed by atoms with van der Waals surface area (Å²) in [7, 11) is 0. The Balaban J connectivity index is 1.82. The van der Waals surface area contributed by atoms with E-state index in [2.05, 4.69) is 47.8 Å². The van der Waals surface area contributed by atoms with Crippen LogP contribution in [0.4, 0.5) is 0 Å². The van der Waals surface area contributed by atoms with Crippen molar-refractivity contribution in [3.8, 4) is 34.5 Å². The zero-order chi connectivity index (χ0) is 23.5. The average molecular weight is 633 g/mol. The molecule has 3 nitrogen and oxygen atoms in total. The van der Waals surface area contributed by atoms with Crippen molar-refractivity contribution in [2.45, 2.75) is 20.8 Å². The van der Waals surface area contributed by atoms with Crippen LogP contribution < -0.4 is 14.2 Å². The second-order valence-corrected chi connectivity index (χ2v) is 10.3. The molecule has 4 rings (SSSR count). The standard InChI is InChI=1S/C27H21Br3O3/c1-16-25(31-22-10-4-19(28)5-11-22)17(2)27(33-24-14-8-21(30)9-15-24)18(3)26(16)32-23-12-6-20(29)7-13-23/h4-15H,1-3H3. The summed E-state index contributed by atoms with van der Waals surface area (Å²) in [4.78, 5) is 0. The van der Waals surface area contributed by atoms with Crippen LogP contribution in [0.3, 0.4) is 0 Å². The summed E-state index contributed by atoms with van der Waals surface area (Å²) >= 11 is 10.4. The van der Waals surface area contributed by atoms with Crippen molar-refractivity contribution in [2.75, 3.05) is 0 Å². The van der Waals surface area contributed by atoms with Crippen molar-refractivity contribution in [1.29, 1.82) is 0 Å². The largest absolute Gasteiger partial charge is 0.457 e. The highest BCUT2D eigenvalue weighted by molar-refractivity contribution is 9.11. The highest BCUT2D eigenvalue weighted by atomic mass is 79.9. The smallest absolute Gasteiger partial charge is 0.140 e. The van der Waals surface area contributed by atoms with Gasteiger partial charge in [0.2, 0.25) is 0 Å². The first-order valence-electron chi connectivity index (χ1n) is 10.3. The summed E-state index contributed by atoms with van der Waals surface area (Å²) in [5, 5.41) is 0. The Morgan fingerprint density at radius 2 is 0.606 bits per heavy atom. The van der Waals surface area contributed by atoms with Gasteiger partial charge in [0.25, 0.3) is 0 Å². The lowest BCUT2D eigenvalue weighted by Gasteiger charge is -2.22. The molecule has 0 N–H and O–H groups in total. The van der Waals surface area contributed by atoms with Gasteiger partial charge in [-0.3, -0.25) is 0 Å². The molecule has 4 aromatic rings. The quantitative estimate of drug-likeness (QED) is 0.212. The zero-order valence-corrected chi connectivity index (χ0v) is 23.0. The van der Waals surface area contributed by atoms with E-state index < -0.39 is 0 Å². The molecular formula is C27H21Br3O3. The normalized spacial score (nSPS) is 10.7. The fraction of sp³-hybridized carbons (Fsp3) is 0.111. The summed E-state index contributed by atoms with van der Waals surface area (Å²) in [6.45, 7) is 6.02. The average Bonchev–Trinajstić information content (AvgIpc) is 2.81. The summed E-state index contributed by atoms with van der Waals surface area (Å²) < 4.78 is 22.0. The van der Waals surface area contributed by atoms with Crippen molar-refractivity contribution in [2.24, 2.45) is 0 Å². The molecule has 0 amide bonds. The van der Waals surface area contributed by atoms with Crippen LogP contribution in [0.15, 0.2) is 86.2 Å². The van der Waals surface area contributed by atoms with Gasteiger partial charge in [0.1, 0.15) is 34.5 Å². The predicted molar refractivity (Wildman–Crippen MR) is 143 cm³/mol. The lowest BCUT2D eigenvalue weighted by atomic mass is 10.0. The third kappa shape index (κ3) is 5.62. The maximum Gasteiger partial charge on any atom is 0.140 e. The molecule has 0 aliphatic carbocycles. The van der Waals surface area contributed by atoms with E-state index in [1.54, 1.807) is 0 Å². The molecule has 0 spiro atoms. The fourth-order valence-corrected chi connectivity index (χ4v) is 4.27. The molecule has 0 aliphatic rings. The zero-order valence-electron chi connectivity index (χ0n) is 18.3. The van der Waals surface area contributed by atoms with Crippen molar-refractivity contribution in [1.82, 2.24) is 0 Å². The molecule has 0 fully saturated rings. The van der Waals surface area contributed by atoms with E-state index in [9.17, 15) is 0 Å². The summed E-state index contributed by atoms with van der Waals surface area (Å²) in [5.41, 5.74) is 2.71. The first-order valence-corrected chi connectivity index (χ1v) is 12.6. The van der Waals surface area contributed by atoms with E-state index in [0.717, 1.165) is 47.4 Å². The Bertz CT molecular complexity index is 1080. The van der Waals surface area contributed by atoms with E-state index >= 15 is 0 Å². The molecule has 4 aromatic carbocycles. The van der Waals surface area contributed by atoms with Crippen LogP contribution in [0.25, 0.3) is 0 Å². The van der Waals surface area contributed by atoms with Gasteiger partial charge in [-0.1, -0.05) is 47.8 Å². The second-order valence-electron chi connectivity index (χ2n) is 7.53. The van der Waals surface area contributed by atoms with Gasteiger partial charge in [-0.05, 0) is 93.6 Å². The Morgan fingerprint density at radius 3 is 0.818 bits per heavy atom. The van der Waals surface area contributed by atoms with Gasteiger partial charge in [0.15, 0.2) is 0 Å². The molecule has 168 valence electrons. The van der Waals surface area contributed by atoms with E-state index in [-0.39, 0.29) is 0 Å². The van der Waals surface area contributed by atoms with E-state index in [0.29, 0.717) is 17.2 Å². The monoisotopic (exact) mass is 630 g/mol. The van der Waals surface area contributed by atoms with Crippen LogP contribution >= 0.6 is 47.8 Å². The second kappa shape index (κ2) is 10.3. The van der Waals surface area contributed by atoms with Gasteiger partial charge in [-0.15, -0.1) is 0 Å². The van der Waals surface area contributed by atoms with Gasteiger partial charge in [-0.2, -0.15) is 0 Å². The van der Waals surface area contributed by atoms with Crippen molar-refractivity contribution in [3.05, 3.63) is 103 Å². The third-order valence-electron chi connectivity index (χ3n) is 5.14. The minimum atomic E-state index is 0.710. The number of hydrogen-bond acceptors (Lipinski definition) is 3. The minimum Gasteiger partial charge on any atom is -0.457 e. The van der Waals surface area contributed by atoms with Gasteiger partial charge in [0, 0.05) is 30.1 Å². The molecule has 0 aromatic heterocycles. The molecule has 0 radical (unpaired) electrons. The predicted octanol–water partition coefficient (Wildman–Crippen LogP) is 10.3. The lowest BCUT2D eigenvalue weighted by Crippen LogP contribution is -2.01. The summed E-state index contributed by atoms with van der Waals surface area (Å²) in [6, 6.07) is 23.2. The first kappa shape index (κ1) is 23.9. The highest BCUT2D eigenvalue weighted by Crippen LogP contribution is 2.47. The van der Waals surface area contributed by atoms with Crippen molar-refractivity contribution >= 4 is 47.8 Å². The maximum atomic E-state index is 6.35. The van der Waals surface area contributed by atoms with E-state index in [4.69, 9.17) is 14.2 Å². The molecule has 33 heavy (non-hydrogen) atoms. The van der Waals surface area contributed by atoms with E-state index in [1.807, 2.05) is 93.6 Å². The van der Waals surface area contributed by atoms with Crippen LogP contribution in [0, 0.1) is 20.8 Å². The summed E-state index contributed by atoms with van der Waals surface area (Å²) in [5.74, 6) is 4.33. The molecule has 0 heterocycles. The van der Waals surface area contributed by atoms with Crippen LogP contribution in [0.2, 0.25) is 0 Å². The van der Waals surface area contributed by atoms with Gasteiger partial charge in [-0.25, -0.2) is 0 Å². The van der Waals surface area contributed by atoms with E-state index in [1.165, 1.54) is 0 Å². The van der Waals surface area contributed by atoms with Crippen molar-refractivity contribution < 1.29 is 14.2 Å². The molecular weight excluding hydrogens is 612 g/mol. The number of rotatable bonds is 6. The lowest BCUT2D eigenvalue weighted by molar-refractivity contribution is 0.425. The van der Waals surface area contributed by atoms with Crippen LogP contribution in [-0.2, 0) is 0 Å². The highest BCUT2D eigenvalue weighted by Gasteiger charge is 2.22. The molecule has 0 bridgehead atoms. The molecule has 0 saturated heterocycles. The fourth-order valence-electron chi connectivity index (χ4n) is 3.47. The molecule has 0 aliphatic heterocycles. The number of hydrogen-bond donors (Lipinski definition) is 0. The van der Waals surface area contributed by atoms with Gasteiger partial charge < -0.3 is 14.2 Å². The van der Waals surface area contributed by atoms with Crippen LogP contribution in [0.1, 0.15) is 16.7 Å². The van der Waals surface area contributed by atoms with Crippen LogP contribution in [0.5, 0.6) is 34.5 Å². The Hall–Kier alpha value is -2.28. The van der Waals surface area contributed by atoms with Crippen molar-refractivity contribution in [3.63, 3.8) is 0 Å². The molecule has 0 unspecified atom stereocenters. The Kier molecular flexibility index (Phi) is 7.47. The first-order chi connectivity index (χ1) is 15.8. The minimum absolute atomic E-state index is 0.710. The number of benzene rings is 4. The van der Waals surface area contributed by atoms with Gasteiger partial charge >= 0.3 is 0 Å². The topological polar surface area (TPSA) is 27.7 Å².